The van der Waals surface area contributed by atoms with Gasteiger partial charge in [-0.3, -0.25) is 4.79 Å². The van der Waals surface area contributed by atoms with Crippen molar-refractivity contribution in [1.82, 2.24) is 15.5 Å². The molecule has 0 atom stereocenters. The summed E-state index contributed by atoms with van der Waals surface area (Å²) in [5.74, 6) is -0.135. The molecule has 1 rings (SSSR count). The summed E-state index contributed by atoms with van der Waals surface area (Å²) >= 11 is 0. The molecular weight excluding hydrogens is 252 g/mol. The van der Waals surface area contributed by atoms with Crippen LogP contribution in [0.2, 0.25) is 0 Å². The van der Waals surface area contributed by atoms with Crippen LogP contribution >= 0.6 is 0 Å². The number of nitrogens with zero attached hydrogens (tertiary/aromatic N) is 2. The number of carbonyl (C=O) groups excluding carboxylic acids is 1. The van der Waals surface area contributed by atoms with Gasteiger partial charge in [-0.2, -0.15) is 5.26 Å². The van der Waals surface area contributed by atoms with Gasteiger partial charge in [-0.25, -0.2) is 0 Å². The molecular formula is C15H22N4O. The Bertz CT molecular complexity index is 427. The standard InChI is InChI=1S/C15H22N4O/c1-19(13-14-6-3-2-4-7-14)11-5-9-17-12-15(20)18-10-8-16/h2-4,6-7,17H,5,9-13H2,1H3,(H,18,20). The first-order chi connectivity index (χ1) is 9.72. The zero-order chi connectivity index (χ0) is 14.6. The molecule has 0 aliphatic heterocycles. The van der Waals surface area contributed by atoms with Crippen molar-refractivity contribution in [2.45, 2.75) is 13.0 Å². The van der Waals surface area contributed by atoms with E-state index in [1.165, 1.54) is 5.56 Å². The van der Waals surface area contributed by atoms with Crippen molar-refractivity contribution >= 4 is 5.91 Å². The lowest BCUT2D eigenvalue weighted by Crippen LogP contribution is -2.35. The Morgan fingerprint density at radius 3 is 2.80 bits per heavy atom. The van der Waals surface area contributed by atoms with Crippen molar-refractivity contribution in [2.75, 3.05) is 33.2 Å². The van der Waals surface area contributed by atoms with E-state index in [0.717, 1.165) is 26.1 Å². The van der Waals surface area contributed by atoms with E-state index in [1.54, 1.807) is 0 Å². The van der Waals surface area contributed by atoms with Gasteiger partial charge in [0.2, 0.25) is 5.91 Å². The summed E-state index contributed by atoms with van der Waals surface area (Å²) in [6, 6.07) is 12.2. The molecule has 0 bridgehead atoms. The van der Waals surface area contributed by atoms with Crippen LogP contribution in [0.4, 0.5) is 0 Å². The fourth-order valence-electron chi connectivity index (χ4n) is 1.85. The van der Waals surface area contributed by atoms with Gasteiger partial charge in [0.05, 0.1) is 12.6 Å². The zero-order valence-electron chi connectivity index (χ0n) is 11.9. The molecule has 2 N–H and O–H groups in total. The van der Waals surface area contributed by atoms with Crippen LogP contribution in [0.5, 0.6) is 0 Å². The number of hydrogen-bond donors (Lipinski definition) is 2. The molecule has 0 unspecified atom stereocenters. The quantitative estimate of drug-likeness (QED) is 0.515. The van der Waals surface area contributed by atoms with Crippen molar-refractivity contribution in [3.05, 3.63) is 35.9 Å². The number of carbonyl (C=O) groups is 1. The summed E-state index contributed by atoms with van der Waals surface area (Å²) in [7, 11) is 2.09. The lowest BCUT2D eigenvalue weighted by atomic mass is 10.2. The highest BCUT2D eigenvalue weighted by molar-refractivity contribution is 5.78. The molecule has 0 saturated heterocycles. The smallest absolute Gasteiger partial charge is 0.234 e. The second-order valence-corrected chi connectivity index (χ2v) is 4.69. The van der Waals surface area contributed by atoms with E-state index in [-0.39, 0.29) is 19.0 Å². The summed E-state index contributed by atoms with van der Waals surface area (Å²) in [6.45, 7) is 3.04. The van der Waals surface area contributed by atoms with Crippen molar-refractivity contribution < 1.29 is 4.79 Å². The molecule has 0 saturated carbocycles. The number of amides is 1. The largest absolute Gasteiger partial charge is 0.342 e. The highest BCUT2D eigenvalue weighted by atomic mass is 16.1. The Balaban J connectivity index is 2.04. The lowest BCUT2D eigenvalue weighted by Gasteiger charge is -2.16. The lowest BCUT2D eigenvalue weighted by molar-refractivity contribution is -0.120. The molecule has 1 aromatic rings. The predicted octanol–water partition coefficient (Wildman–Crippen LogP) is 0.738. The second-order valence-electron chi connectivity index (χ2n) is 4.69. The molecule has 1 aromatic carbocycles. The maximum atomic E-state index is 11.2. The highest BCUT2D eigenvalue weighted by Crippen LogP contribution is 2.02. The van der Waals surface area contributed by atoms with Crippen LogP contribution in [0, 0.1) is 11.3 Å². The fourth-order valence-corrected chi connectivity index (χ4v) is 1.85. The number of nitrogens with one attached hydrogen (secondary N) is 2. The molecule has 0 radical (unpaired) electrons. The number of hydrogen-bond acceptors (Lipinski definition) is 4. The van der Waals surface area contributed by atoms with Crippen LogP contribution in [0.1, 0.15) is 12.0 Å². The molecule has 0 aliphatic carbocycles. The van der Waals surface area contributed by atoms with Crippen LogP contribution < -0.4 is 10.6 Å². The summed E-state index contributed by atoms with van der Waals surface area (Å²) in [5, 5.41) is 13.9. The van der Waals surface area contributed by atoms with Gasteiger partial charge in [0.15, 0.2) is 0 Å². The molecule has 0 spiro atoms. The molecule has 0 aliphatic rings. The van der Waals surface area contributed by atoms with E-state index in [9.17, 15) is 4.79 Å². The molecule has 0 heterocycles. The number of benzene rings is 1. The van der Waals surface area contributed by atoms with Crippen LogP contribution in [0.15, 0.2) is 30.3 Å². The molecule has 108 valence electrons. The predicted molar refractivity (Wildman–Crippen MR) is 78.9 cm³/mol. The van der Waals surface area contributed by atoms with E-state index in [1.807, 2.05) is 24.3 Å². The molecule has 20 heavy (non-hydrogen) atoms. The summed E-state index contributed by atoms with van der Waals surface area (Å²) in [4.78, 5) is 13.5. The van der Waals surface area contributed by atoms with Crippen molar-refractivity contribution in [1.29, 1.82) is 5.26 Å². The van der Waals surface area contributed by atoms with E-state index < -0.39 is 0 Å². The van der Waals surface area contributed by atoms with Gasteiger partial charge >= 0.3 is 0 Å². The number of nitriles is 1. The third-order valence-corrected chi connectivity index (χ3v) is 2.84. The van der Waals surface area contributed by atoms with Crippen LogP contribution in [-0.2, 0) is 11.3 Å². The highest BCUT2D eigenvalue weighted by Gasteiger charge is 2.01. The molecule has 1 amide bonds. The van der Waals surface area contributed by atoms with E-state index in [2.05, 4.69) is 34.7 Å². The average molecular weight is 274 g/mol. The van der Waals surface area contributed by atoms with Crippen LogP contribution in [0.3, 0.4) is 0 Å². The Morgan fingerprint density at radius 1 is 1.35 bits per heavy atom. The minimum absolute atomic E-state index is 0.0698. The number of rotatable bonds is 9. The average Bonchev–Trinajstić information content (AvgIpc) is 2.45. The van der Waals surface area contributed by atoms with Gasteiger partial charge in [0.1, 0.15) is 6.54 Å². The van der Waals surface area contributed by atoms with Crippen molar-refractivity contribution in [2.24, 2.45) is 0 Å². The Kier molecular flexibility index (Phi) is 8.04. The summed E-state index contributed by atoms with van der Waals surface area (Å²) in [5.41, 5.74) is 1.30. The monoisotopic (exact) mass is 274 g/mol. The van der Waals surface area contributed by atoms with E-state index in [0.29, 0.717) is 0 Å². The van der Waals surface area contributed by atoms with Gasteiger partial charge in [0, 0.05) is 6.54 Å². The SMILES string of the molecule is CN(CCCNCC(=O)NCC#N)Cc1ccccc1. The fraction of sp³-hybridized carbons (Fsp3) is 0.467. The molecule has 0 fully saturated rings. The van der Waals surface area contributed by atoms with Gasteiger partial charge < -0.3 is 15.5 Å². The summed E-state index contributed by atoms with van der Waals surface area (Å²) in [6.07, 6.45) is 0.981. The molecule has 5 nitrogen and oxygen atoms in total. The first-order valence-corrected chi connectivity index (χ1v) is 6.79. The van der Waals surface area contributed by atoms with E-state index >= 15 is 0 Å². The maximum absolute atomic E-state index is 11.2. The topological polar surface area (TPSA) is 68.2 Å². The third-order valence-electron chi connectivity index (χ3n) is 2.84. The Labute approximate surface area is 120 Å². The van der Waals surface area contributed by atoms with Crippen molar-refractivity contribution in [3.63, 3.8) is 0 Å². The van der Waals surface area contributed by atoms with Crippen molar-refractivity contribution in [3.8, 4) is 6.07 Å². The van der Waals surface area contributed by atoms with Gasteiger partial charge in [-0.05, 0) is 32.1 Å². The van der Waals surface area contributed by atoms with E-state index in [4.69, 9.17) is 5.26 Å². The first kappa shape index (κ1) is 16.2. The van der Waals surface area contributed by atoms with Crippen LogP contribution in [-0.4, -0.2) is 44.0 Å². The van der Waals surface area contributed by atoms with Gasteiger partial charge in [-0.15, -0.1) is 0 Å². The Hall–Kier alpha value is -1.90. The minimum atomic E-state index is -0.135. The maximum Gasteiger partial charge on any atom is 0.234 e. The van der Waals surface area contributed by atoms with Gasteiger partial charge in [-0.1, -0.05) is 30.3 Å². The normalized spacial score (nSPS) is 10.2. The Morgan fingerprint density at radius 2 is 2.10 bits per heavy atom. The zero-order valence-corrected chi connectivity index (χ0v) is 11.9. The molecule has 0 aromatic heterocycles. The van der Waals surface area contributed by atoms with Gasteiger partial charge in [0.25, 0.3) is 0 Å². The third kappa shape index (κ3) is 7.52. The minimum Gasteiger partial charge on any atom is -0.342 e. The van der Waals surface area contributed by atoms with Crippen LogP contribution in [0.25, 0.3) is 0 Å². The molecule has 5 heteroatoms. The summed E-state index contributed by atoms with van der Waals surface area (Å²) < 4.78 is 0. The first-order valence-electron chi connectivity index (χ1n) is 6.79. The second kappa shape index (κ2) is 9.96.